The van der Waals surface area contributed by atoms with Crippen LogP contribution in [0.2, 0.25) is 0 Å². The molecule has 0 amide bonds. The van der Waals surface area contributed by atoms with E-state index in [2.05, 4.69) is 26.0 Å². The van der Waals surface area contributed by atoms with Gasteiger partial charge in [-0.05, 0) is 29.8 Å². The normalized spacial score (nSPS) is 11.3. The van der Waals surface area contributed by atoms with Crippen LogP contribution in [0.5, 0.6) is 0 Å². The topological polar surface area (TPSA) is 97.5 Å². The highest BCUT2D eigenvalue weighted by Gasteiger charge is 2.12. The molecule has 0 fully saturated rings. The number of hydrogen-bond acceptors (Lipinski definition) is 6. The quantitative estimate of drug-likeness (QED) is 0.491. The molecule has 27 heavy (non-hydrogen) atoms. The number of hydrogen-bond donors (Lipinski definition) is 2. The van der Waals surface area contributed by atoms with Crippen LogP contribution >= 0.6 is 11.3 Å². The summed E-state index contributed by atoms with van der Waals surface area (Å²) in [5.41, 5.74) is 13.1. The third kappa shape index (κ3) is 2.56. The Morgan fingerprint density at radius 2 is 1.85 bits per heavy atom. The first kappa shape index (κ1) is 15.7. The number of nitrogens with two attached hydrogens (primary N) is 1. The van der Waals surface area contributed by atoms with Gasteiger partial charge in [-0.25, -0.2) is 15.0 Å². The second kappa shape index (κ2) is 6.00. The van der Waals surface area contributed by atoms with Gasteiger partial charge in [0.25, 0.3) is 5.56 Å². The predicted molar refractivity (Wildman–Crippen MR) is 109 cm³/mol. The second-order valence-corrected chi connectivity index (χ2v) is 6.98. The zero-order valence-corrected chi connectivity index (χ0v) is 14.8. The molecule has 6 nitrogen and oxygen atoms in total. The van der Waals surface area contributed by atoms with Gasteiger partial charge in [-0.3, -0.25) is 4.79 Å². The van der Waals surface area contributed by atoms with E-state index in [4.69, 9.17) is 5.73 Å². The summed E-state index contributed by atoms with van der Waals surface area (Å²) >= 11 is 1.60. The van der Waals surface area contributed by atoms with Crippen molar-refractivity contribution in [1.29, 1.82) is 0 Å². The molecule has 0 radical (unpaired) electrons. The van der Waals surface area contributed by atoms with Crippen molar-refractivity contribution in [3.05, 3.63) is 70.9 Å². The summed E-state index contributed by atoms with van der Waals surface area (Å²) in [6.45, 7) is 0. The summed E-state index contributed by atoms with van der Waals surface area (Å²) in [5.74, 6) is 0.430. The molecule has 0 aliphatic carbocycles. The van der Waals surface area contributed by atoms with Crippen molar-refractivity contribution in [3.63, 3.8) is 0 Å². The van der Waals surface area contributed by atoms with Gasteiger partial charge in [0.2, 0.25) is 0 Å². The largest absolute Gasteiger partial charge is 0.383 e. The number of anilines is 1. The molecule has 0 atom stereocenters. The molecule has 0 bridgehead atoms. The highest BCUT2D eigenvalue weighted by molar-refractivity contribution is 7.17. The van der Waals surface area contributed by atoms with Crippen molar-refractivity contribution in [2.24, 2.45) is 0 Å². The van der Waals surface area contributed by atoms with Gasteiger partial charge in [-0.2, -0.15) is 0 Å². The van der Waals surface area contributed by atoms with Crippen LogP contribution in [0.1, 0.15) is 0 Å². The molecule has 2 aromatic carbocycles. The van der Waals surface area contributed by atoms with Crippen molar-refractivity contribution in [3.8, 4) is 22.3 Å². The number of benzene rings is 2. The Labute approximate surface area is 157 Å². The Morgan fingerprint density at radius 1 is 0.926 bits per heavy atom. The Hall–Kier alpha value is -3.58. The maximum Gasteiger partial charge on any atom is 0.258 e. The molecule has 0 saturated carbocycles. The number of rotatable bonds is 2. The van der Waals surface area contributed by atoms with Crippen molar-refractivity contribution < 1.29 is 0 Å². The first-order valence-corrected chi connectivity index (χ1v) is 9.14. The lowest BCUT2D eigenvalue weighted by Gasteiger charge is -2.10. The third-order valence-electron chi connectivity index (χ3n) is 4.54. The number of pyridine rings is 1. The minimum atomic E-state index is -0.164. The fraction of sp³-hybridized carbons (Fsp3) is 0. The Kier molecular flexibility index (Phi) is 3.48. The van der Waals surface area contributed by atoms with Gasteiger partial charge in [0.15, 0.2) is 0 Å². The zero-order valence-electron chi connectivity index (χ0n) is 14.0. The number of aromatic nitrogens is 4. The molecule has 0 spiro atoms. The van der Waals surface area contributed by atoms with E-state index in [9.17, 15) is 4.79 Å². The minimum Gasteiger partial charge on any atom is -0.383 e. The van der Waals surface area contributed by atoms with Crippen LogP contribution in [-0.4, -0.2) is 19.9 Å². The molecular weight excluding hydrogens is 358 g/mol. The lowest BCUT2D eigenvalue weighted by molar-refractivity contribution is 1.17. The standard InChI is InChI=1S/C20H13N5OS/c21-19-15(11-4-5-14-17(7-11)23-9-24-20(14)26)6-12(8-22-19)13-2-1-3-16-18(13)27-10-25-16/h1-10H,(H2,21,22)(H,23,24,26). The van der Waals surface area contributed by atoms with Crippen LogP contribution in [-0.2, 0) is 0 Å². The molecule has 7 heteroatoms. The minimum absolute atomic E-state index is 0.164. The van der Waals surface area contributed by atoms with E-state index in [1.165, 1.54) is 6.33 Å². The molecule has 3 N–H and O–H groups in total. The van der Waals surface area contributed by atoms with Crippen LogP contribution < -0.4 is 11.3 Å². The molecule has 3 aromatic heterocycles. The summed E-state index contributed by atoms with van der Waals surface area (Å²) in [4.78, 5) is 27.5. The molecule has 0 aliphatic rings. The number of nitrogen functional groups attached to an aromatic ring is 1. The first-order chi connectivity index (χ1) is 13.2. The first-order valence-electron chi connectivity index (χ1n) is 8.26. The molecule has 130 valence electrons. The van der Waals surface area contributed by atoms with E-state index < -0.39 is 0 Å². The lowest BCUT2D eigenvalue weighted by Crippen LogP contribution is -2.06. The van der Waals surface area contributed by atoms with E-state index >= 15 is 0 Å². The average molecular weight is 371 g/mol. The number of nitrogens with one attached hydrogen (secondary N) is 1. The van der Waals surface area contributed by atoms with Crippen molar-refractivity contribution in [2.45, 2.75) is 0 Å². The number of thiazole rings is 1. The third-order valence-corrected chi connectivity index (χ3v) is 5.41. The van der Waals surface area contributed by atoms with Crippen LogP contribution in [0.3, 0.4) is 0 Å². The molecule has 0 saturated heterocycles. The van der Waals surface area contributed by atoms with Gasteiger partial charge in [0, 0.05) is 22.9 Å². The van der Waals surface area contributed by atoms with Gasteiger partial charge in [-0.15, -0.1) is 11.3 Å². The van der Waals surface area contributed by atoms with E-state index in [0.717, 1.165) is 32.5 Å². The van der Waals surface area contributed by atoms with Crippen molar-refractivity contribution >= 4 is 38.3 Å². The van der Waals surface area contributed by atoms with E-state index in [1.54, 1.807) is 23.6 Å². The van der Waals surface area contributed by atoms with Crippen molar-refractivity contribution in [2.75, 3.05) is 5.73 Å². The highest BCUT2D eigenvalue weighted by Crippen LogP contribution is 2.35. The van der Waals surface area contributed by atoms with Gasteiger partial charge in [0.1, 0.15) is 5.82 Å². The van der Waals surface area contributed by atoms with E-state index in [0.29, 0.717) is 16.7 Å². The van der Waals surface area contributed by atoms with Gasteiger partial charge in [-0.1, -0.05) is 18.2 Å². The Bertz CT molecular complexity index is 1370. The van der Waals surface area contributed by atoms with Crippen LogP contribution in [0.25, 0.3) is 43.4 Å². The summed E-state index contributed by atoms with van der Waals surface area (Å²) < 4.78 is 1.11. The molecule has 5 rings (SSSR count). The number of nitrogens with zero attached hydrogens (tertiary/aromatic N) is 3. The monoisotopic (exact) mass is 371 g/mol. The summed E-state index contributed by atoms with van der Waals surface area (Å²) in [6.07, 6.45) is 3.17. The van der Waals surface area contributed by atoms with Crippen LogP contribution in [0.4, 0.5) is 5.82 Å². The van der Waals surface area contributed by atoms with Crippen LogP contribution in [0, 0.1) is 0 Å². The molecule has 0 aliphatic heterocycles. The lowest BCUT2D eigenvalue weighted by atomic mass is 10.00. The number of aromatic amines is 1. The Balaban J connectivity index is 1.71. The van der Waals surface area contributed by atoms with Crippen LogP contribution in [0.15, 0.2) is 65.3 Å². The molecule has 0 unspecified atom stereocenters. The van der Waals surface area contributed by atoms with Crippen molar-refractivity contribution in [1.82, 2.24) is 19.9 Å². The second-order valence-electron chi connectivity index (χ2n) is 6.13. The fourth-order valence-corrected chi connectivity index (χ4v) is 4.03. The van der Waals surface area contributed by atoms with E-state index in [-0.39, 0.29) is 5.56 Å². The molecule has 3 heterocycles. The average Bonchev–Trinajstić information content (AvgIpc) is 3.17. The predicted octanol–water partition coefficient (Wildman–Crippen LogP) is 3.84. The van der Waals surface area contributed by atoms with Gasteiger partial charge < -0.3 is 10.7 Å². The maximum absolute atomic E-state index is 11.9. The highest BCUT2D eigenvalue weighted by atomic mass is 32.1. The number of fused-ring (bicyclic) bond motifs is 2. The summed E-state index contributed by atoms with van der Waals surface area (Å²) in [5, 5.41) is 0.540. The van der Waals surface area contributed by atoms with Gasteiger partial charge in [0.05, 0.1) is 33.0 Å². The Morgan fingerprint density at radius 3 is 2.78 bits per heavy atom. The molecule has 5 aromatic rings. The number of H-pyrrole nitrogens is 1. The van der Waals surface area contributed by atoms with Gasteiger partial charge >= 0.3 is 0 Å². The SMILES string of the molecule is Nc1ncc(-c2cccc3ncsc23)cc1-c1ccc2c(=O)[nH]cnc2c1. The maximum atomic E-state index is 11.9. The zero-order chi connectivity index (χ0) is 18.4. The molecular formula is C20H13N5OS. The van der Waals surface area contributed by atoms with E-state index in [1.807, 2.05) is 35.8 Å². The summed E-state index contributed by atoms with van der Waals surface area (Å²) in [7, 11) is 0. The fourth-order valence-electron chi connectivity index (χ4n) is 3.20. The summed E-state index contributed by atoms with van der Waals surface area (Å²) in [6, 6.07) is 13.5. The smallest absolute Gasteiger partial charge is 0.258 e.